The minimum atomic E-state index is -0.434. The van der Waals surface area contributed by atoms with Gasteiger partial charge >= 0.3 is 0 Å². The van der Waals surface area contributed by atoms with Crippen LogP contribution in [0.1, 0.15) is 18.5 Å². The molecule has 1 aliphatic rings. The number of benzene rings is 1. The number of carbonyl (C=O) groups excluding carboxylic acids is 1. The second-order valence-electron chi connectivity index (χ2n) is 4.36. The normalized spacial score (nSPS) is 19.1. The molecule has 0 bridgehead atoms. The predicted molar refractivity (Wildman–Crippen MR) is 81.0 cm³/mol. The van der Waals surface area contributed by atoms with Gasteiger partial charge in [-0.05, 0) is 19.1 Å². The van der Waals surface area contributed by atoms with E-state index in [4.69, 9.17) is 4.74 Å². The lowest BCUT2D eigenvalue weighted by Crippen LogP contribution is -2.43. The number of hydrogen-bond acceptors (Lipinski definition) is 4. The first-order valence-corrected chi connectivity index (χ1v) is 7.23. The van der Waals surface area contributed by atoms with E-state index in [0.717, 1.165) is 11.6 Å². The molecule has 2 atom stereocenters. The topological polar surface area (TPSA) is 50.4 Å². The van der Waals surface area contributed by atoms with E-state index in [1.165, 1.54) is 13.2 Å². The summed E-state index contributed by atoms with van der Waals surface area (Å²) in [4.78, 5) is 12.0. The number of ether oxygens (including phenoxy) is 1. The molecule has 0 aliphatic carbocycles. The molecule has 20 heavy (non-hydrogen) atoms. The van der Waals surface area contributed by atoms with E-state index in [2.05, 4.69) is 10.6 Å². The Balaban J connectivity index is 0.00000200. The molecule has 1 amide bonds. The summed E-state index contributed by atoms with van der Waals surface area (Å²) in [5.41, 5.74) is 0.379. The molecule has 0 spiro atoms. The molecule has 0 saturated carbocycles. The summed E-state index contributed by atoms with van der Waals surface area (Å²) in [5.74, 6) is 1.48. The van der Waals surface area contributed by atoms with Gasteiger partial charge in [0.15, 0.2) is 0 Å². The zero-order valence-electron chi connectivity index (χ0n) is 11.3. The second-order valence-corrected chi connectivity index (χ2v) is 5.39. The fourth-order valence-electron chi connectivity index (χ4n) is 2.07. The first-order valence-electron chi connectivity index (χ1n) is 6.07. The Kier molecular flexibility index (Phi) is 6.58. The van der Waals surface area contributed by atoms with E-state index in [1.54, 1.807) is 30.8 Å². The number of thioether (sulfide) groups is 1. The molecule has 4 nitrogen and oxygen atoms in total. The lowest BCUT2D eigenvalue weighted by atomic mass is 10.1. The van der Waals surface area contributed by atoms with Gasteiger partial charge in [-0.2, -0.15) is 0 Å². The van der Waals surface area contributed by atoms with Crippen LogP contribution in [0.4, 0.5) is 4.39 Å². The van der Waals surface area contributed by atoms with Crippen LogP contribution < -0.4 is 15.4 Å². The summed E-state index contributed by atoms with van der Waals surface area (Å²) < 4.78 is 19.0. The molecule has 2 rings (SSSR count). The zero-order valence-corrected chi connectivity index (χ0v) is 12.9. The van der Waals surface area contributed by atoms with Gasteiger partial charge in [0.1, 0.15) is 11.6 Å². The van der Waals surface area contributed by atoms with Crippen LogP contribution in [0.25, 0.3) is 0 Å². The average molecular weight is 321 g/mol. The third-order valence-corrected chi connectivity index (χ3v) is 4.00. The molecule has 2 unspecified atom stereocenters. The Morgan fingerprint density at radius 1 is 1.60 bits per heavy atom. The molecule has 0 radical (unpaired) electrons. The summed E-state index contributed by atoms with van der Waals surface area (Å²) in [5, 5.41) is 5.90. The number of amides is 1. The highest BCUT2D eigenvalue weighted by atomic mass is 35.5. The molecule has 7 heteroatoms. The van der Waals surface area contributed by atoms with Gasteiger partial charge in [0, 0.05) is 11.6 Å². The minimum absolute atomic E-state index is 0. The van der Waals surface area contributed by atoms with Crippen molar-refractivity contribution in [3.8, 4) is 5.75 Å². The Morgan fingerprint density at radius 2 is 2.35 bits per heavy atom. The number of methoxy groups -OCH3 is 1. The fourth-order valence-corrected chi connectivity index (χ4v) is 3.01. The van der Waals surface area contributed by atoms with Gasteiger partial charge in [-0.1, -0.05) is 6.07 Å². The van der Waals surface area contributed by atoms with Crippen LogP contribution in [0.15, 0.2) is 18.2 Å². The van der Waals surface area contributed by atoms with Crippen LogP contribution in [0.3, 0.4) is 0 Å². The number of carbonyl (C=O) groups is 1. The lowest BCUT2D eigenvalue weighted by Gasteiger charge is -2.19. The van der Waals surface area contributed by atoms with Crippen LogP contribution in [-0.2, 0) is 4.79 Å². The lowest BCUT2D eigenvalue weighted by molar-refractivity contribution is -0.123. The average Bonchev–Trinajstić information content (AvgIpc) is 2.92. The third kappa shape index (κ3) is 3.77. The first kappa shape index (κ1) is 17.1. The van der Waals surface area contributed by atoms with Gasteiger partial charge in [0.25, 0.3) is 0 Å². The maximum absolute atomic E-state index is 13.9. The van der Waals surface area contributed by atoms with Gasteiger partial charge in [-0.25, -0.2) is 4.39 Å². The van der Waals surface area contributed by atoms with Crippen molar-refractivity contribution < 1.29 is 13.9 Å². The SMILES string of the molecule is COc1cccc(F)c1C(C)NC(=O)C1CSCN1.Cl. The van der Waals surface area contributed by atoms with Gasteiger partial charge < -0.3 is 10.1 Å². The zero-order chi connectivity index (χ0) is 13.8. The number of hydrogen-bond donors (Lipinski definition) is 2. The first-order chi connectivity index (χ1) is 9.13. The Hall–Kier alpha value is -0.980. The maximum Gasteiger partial charge on any atom is 0.238 e. The van der Waals surface area contributed by atoms with E-state index >= 15 is 0 Å². The van der Waals surface area contributed by atoms with Gasteiger partial charge in [-0.3, -0.25) is 10.1 Å². The summed E-state index contributed by atoms with van der Waals surface area (Å²) in [7, 11) is 1.49. The highest BCUT2D eigenvalue weighted by Gasteiger charge is 2.25. The molecule has 2 N–H and O–H groups in total. The maximum atomic E-state index is 13.9. The van der Waals surface area contributed by atoms with Gasteiger partial charge in [0.05, 0.1) is 24.8 Å². The van der Waals surface area contributed by atoms with Crippen molar-refractivity contribution >= 4 is 30.1 Å². The summed E-state index contributed by atoms with van der Waals surface area (Å²) in [6, 6.07) is 4.00. The van der Waals surface area contributed by atoms with Crippen LogP contribution in [-0.4, -0.2) is 30.7 Å². The summed E-state index contributed by atoms with van der Waals surface area (Å²) in [6.07, 6.45) is 0. The van der Waals surface area contributed by atoms with Crippen molar-refractivity contribution in [2.45, 2.75) is 19.0 Å². The Labute approximate surface area is 128 Å². The number of rotatable bonds is 4. The molecule has 1 saturated heterocycles. The van der Waals surface area contributed by atoms with E-state index in [1.807, 2.05) is 0 Å². The standard InChI is InChI=1S/C13H17FN2O2S.ClH/c1-8(16-13(17)10-6-19-7-15-10)12-9(14)4-3-5-11(12)18-2;/h3-5,8,10,15H,6-7H2,1-2H3,(H,16,17);1H. The molecular weight excluding hydrogens is 303 g/mol. The molecule has 1 fully saturated rings. The van der Waals surface area contributed by atoms with E-state index in [-0.39, 0.29) is 30.2 Å². The molecule has 1 heterocycles. The van der Waals surface area contributed by atoms with Crippen molar-refractivity contribution in [1.82, 2.24) is 10.6 Å². The predicted octanol–water partition coefficient (Wildman–Crippen LogP) is 2.10. The van der Waals surface area contributed by atoms with Crippen molar-refractivity contribution in [3.63, 3.8) is 0 Å². The van der Waals surface area contributed by atoms with Crippen LogP contribution in [0.2, 0.25) is 0 Å². The highest BCUT2D eigenvalue weighted by Crippen LogP contribution is 2.27. The van der Waals surface area contributed by atoms with E-state index < -0.39 is 6.04 Å². The van der Waals surface area contributed by atoms with Crippen LogP contribution >= 0.6 is 24.2 Å². The molecule has 112 valence electrons. The quantitative estimate of drug-likeness (QED) is 0.892. The summed E-state index contributed by atoms with van der Waals surface area (Å²) >= 11 is 1.67. The third-order valence-electron chi connectivity index (χ3n) is 3.06. The van der Waals surface area contributed by atoms with Crippen LogP contribution in [0.5, 0.6) is 5.75 Å². The Morgan fingerprint density at radius 3 is 2.95 bits per heavy atom. The minimum Gasteiger partial charge on any atom is -0.496 e. The van der Waals surface area contributed by atoms with Crippen molar-refractivity contribution in [2.24, 2.45) is 0 Å². The number of halogens is 2. The fraction of sp³-hybridized carbons (Fsp3) is 0.462. The smallest absolute Gasteiger partial charge is 0.238 e. The molecular formula is C13H18ClFN2O2S. The highest BCUT2D eigenvalue weighted by molar-refractivity contribution is 7.99. The van der Waals surface area contributed by atoms with E-state index in [0.29, 0.717) is 11.3 Å². The van der Waals surface area contributed by atoms with Crippen molar-refractivity contribution in [3.05, 3.63) is 29.6 Å². The number of nitrogens with one attached hydrogen (secondary N) is 2. The monoisotopic (exact) mass is 320 g/mol. The van der Waals surface area contributed by atoms with Gasteiger partial charge in [-0.15, -0.1) is 24.2 Å². The molecule has 1 aromatic carbocycles. The molecule has 1 aliphatic heterocycles. The second kappa shape index (κ2) is 7.71. The van der Waals surface area contributed by atoms with E-state index in [9.17, 15) is 9.18 Å². The van der Waals surface area contributed by atoms with Gasteiger partial charge in [0.2, 0.25) is 5.91 Å². The molecule has 1 aromatic rings. The molecule has 0 aromatic heterocycles. The summed E-state index contributed by atoms with van der Waals surface area (Å²) in [6.45, 7) is 1.75. The van der Waals surface area contributed by atoms with Crippen molar-refractivity contribution in [2.75, 3.05) is 18.7 Å². The largest absolute Gasteiger partial charge is 0.496 e. The Bertz CT molecular complexity index is 470. The van der Waals surface area contributed by atoms with Crippen LogP contribution in [0, 0.1) is 5.82 Å². The van der Waals surface area contributed by atoms with Crippen molar-refractivity contribution in [1.29, 1.82) is 0 Å².